The van der Waals surface area contributed by atoms with E-state index in [1.165, 1.54) is 59.1 Å². The van der Waals surface area contributed by atoms with Crippen molar-refractivity contribution in [2.24, 2.45) is 5.92 Å². The highest BCUT2D eigenvalue weighted by Gasteiger charge is 2.52. The van der Waals surface area contributed by atoms with E-state index in [2.05, 4.69) is 0 Å². The summed E-state index contributed by atoms with van der Waals surface area (Å²) >= 11 is 0. The first-order chi connectivity index (χ1) is 39.1. The first kappa shape index (κ1) is 64.7. The van der Waals surface area contributed by atoms with Gasteiger partial charge in [-0.1, -0.05) is 18.2 Å². The Bertz CT molecular complexity index is 2660. The van der Waals surface area contributed by atoms with Crippen LogP contribution in [0.15, 0.2) is 36.4 Å². The molecule has 83 heavy (non-hydrogen) atoms. The highest BCUT2D eigenvalue weighted by molar-refractivity contribution is 6.11. The first-order valence-corrected chi connectivity index (χ1v) is 28.3. The lowest BCUT2D eigenvalue weighted by Gasteiger charge is -2.46. The number of hydrogen-bond acceptors (Lipinski definition) is 25. The normalized spacial score (nSPS) is 40.0. The molecule has 464 valence electrons. The Hall–Kier alpha value is -4.33. The molecule has 10 N–H and O–H groups in total. The minimum Gasteiger partial charge on any atom is -0.507 e. The molecule has 0 spiro atoms. The fraction of sp³-hybridized carbons (Fsp3) is 0.707. The summed E-state index contributed by atoms with van der Waals surface area (Å²) in [6.45, 7) is 13.9. The standard InChI is InChI=1S/C58H82O25/c1-11-12-13-14-38(60)78-34-18-40(74-25(4)48(34)63)80-35-19-39(73-26(5)49(35)64)79-33-17-31-15-30-16-32(55(72-10)54(69)47(62)24(3)59)56(53(68)45(30)52(67)44(31)46(61)23(33)2)83-42-21-36(50(65)28(7)76-42)81-41-20-37(51(66)27(6)75-41)82-43-22-58(9,71)57(70)29(8)77-43/h11-15,17,24-29,32,34-37,39-43,47-51,55-57,59,61-67,70-71H,16,18-22H2,1-10H3/b12-11+,14-13+/t24-,25-,26-,27-,28-,29-,32+,34-,35-,36-,37-,39+,40+,41+,42+,43+,47+,48-,49-,50-,51+,55+,56+,57-,58+/m1/s1. The van der Waals surface area contributed by atoms with Crippen molar-refractivity contribution in [3.05, 3.63) is 53.1 Å². The number of aliphatic hydroxyl groups is 8. The molecule has 25 nitrogen and oxygen atoms in total. The average Bonchev–Trinajstić information content (AvgIpc) is 2.52. The third-order valence-corrected chi connectivity index (χ3v) is 16.7. The fourth-order valence-corrected chi connectivity index (χ4v) is 11.9. The Labute approximate surface area is 480 Å². The van der Waals surface area contributed by atoms with Gasteiger partial charge in [0.1, 0.15) is 72.2 Å². The smallest absolute Gasteiger partial charge is 0.331 e. The number of ketones is 2. The van der Waals surface area contributed by atoms with Crippen LogP contribution in [0.2, 0.25) is 0 Å². The van der Waals surface area contributed by atoms with Gasteiger partial charge >= 0.3 is 5.97 Å². The molecule has 0 bridgehead atoms. The van der Waals surface area contributed by atoms with Crippen LogP contribution >= 0.6 is 0 Å². The minimum absolute atomic E-state index is 0.0624. The van der Waals surface area contributed by atoms with E-state index in [1.54, 1.807) is 46.8 Å². The summed E-state index contributed by atoms with van der Waals surface area (Å²) in [5.74, 6) is -4.84. The molecule has 5 aliphatic heterocycles. The summed E-state index contributed by atoms with van der Waals surface area (Å²) < 4.78 is 72.6. The van der Waals surface area contributed by atoms with Crippen LogP contribution in [0.5, 0.6) is 17.2 Å². The topological polar surface area (TPSA) is 364 Å². The van der Waals surface area contributed by atoms with Gasteiger partial charge in [0.15, 0.2) is 36.7 Å². The Morgan fingerprint density at radius 3 is 1.72 bits per heavy atom. The SMILES string of the molecule is C/C=C/C=C/C(=O)O[C@@H]1C[C@H](O[C@@H]2C[C@H](Oc3cc4cc5c(c(O)c4c(O)c3C)C(=O)[C@@H](O[C@H]3C[C@@H](O[C@H]4C[C@@H](O[C@H]6C[C@](C)(O)[C@H](O)[C@@H](C)O6)[C@@H](O)[C@@H](C)O4)[C@H](O)[C@@H](C)O3)[C@H]([C@H](OC)C(=O)[C@@H](O)[C@@H](C)O)C5)O[C@H](C)[C@H]2O)O[C@H](C)[C@H]1O. The lowest BCUT2D eigenvalue weighted by atomic mass is 9.75. The number of Topliss-reactive ketones (excluding diaryl/α,β-unsaturated/α-hetero) is 2. The summed E-state index contributed by atoms with van der Waals surface area (Å²) in [6.07, 6.45) is -21.4. The van der Waals surface area contributed by atoms with E-state index in [0.29, 0.717) is 0 Å². The number of aliphatic hydroxyl groups excluding tert-OH is 7. The highest BCUT2D eigenvalue weighted by atomic mass is 16.7. The van der Waals surface area contributed by atoms with Gasteiger partial charge in [0, 0.05) is 56.8 Å². The predicted octanol–water partition coefficient (Wildman–Crippen LogP) is 1.43. The van der Waals surface area contributed by atoms with E-state index >= 15 is 4.79 Å². The summed E-state index contributed by atoms with van der Waals surface area (Å²) in [5.41, 5.74) is -1.52. The third-order valence-electron chi connectivity index (χ3n) is 16.7. The second-order valence-electron chi connectivity index (χ2n) is 23.0. The Morgan fingerprint density at radius 1 is 0.699 bits per heavy atom. The molecule has 0 aromatic heterocycles. The molecule has 8 rings (SSSR count). The molecule has 5 fully saturated rings. The van der Waals surface area contributed by atoms with Crippen molar-refractivity contribution in [3.8, 4) is 17.2 Å². The molecule has 6 aliphatic rings. The second-order valence-corrected chi connectivity index (χ2v) is 23.0. The summed E-state index contributed by atoms with van der Waals surface area (Å²) in [4.78, 5) is 41.6. The van der Waals surface area contributed by atoms with Crippen LogP contribution in [0.25, 0.3) is 10.8 Å². The van der Waals surface area contributed by atoms with Crippen LogP contribution in [0.1, 0.15) is 109 Å². The third kappa shape index (κ3) is 14.1. The van der Waals surface area contributed by atoms with Crippen LogP contribution < -0.4 is 4.74 Å². The number of aromatic hydroxyl groups is 2. The van der Waals surface area contributed by atoms with Gasteiger partial charge in [-0.05, 0) is 91.8 Å². The number of carbonyl (C=O) groups excluding carboxylic acids is 3. The van der Waals surface area contributed by atoms with Crippen LogP contribution in [-0.4, -0.2) is 223 Å². The number of esters is 1. The van der Waals surface area contributed by atoms with Crippen molar-refractivity contribution in [1.29, 1.82) is 0 Å². The zero-order chi connectivity index (χ0) is 60.7. The van der Waals surface area contributed by atoms with E-state index in [0.717, 1.165) is 0 Å². The summed E-state index contributed by atoms with van der Waals surface area (Å²) in [6, 6.07) is 3.02. The molecule has 0 amide bonds. The molecule has 5 saturated heterocycles. The Balaban J connectivity index is 1.02. The number of rotatable bonds is 18. The largest absolute Gasteiger partial charge is 0.507 e. The molecular formula is C58H82O25. The molecule has 25 atom stereocenters. The number of methoxy groups -OCH3 is 1. The van der Waals surface area contributed by atoms with Crippen molar-refractivity contribution in [2.45, 2.75) is 248 Å². The van der Waals surface area contributed by atoms with E-state index in [9.17, 15) is 60.7 Å². The lowest BCUT2D eigenvalue weighted by Crippen LogP contribution is -2.58. The number of phenols is 2. The van der Waals surface area contributed by atoms with E-state index in [4.69, 9.17) is 56.8 Å². The minimum atomic E-state index is -1.96. The second kappa shape index (κ2) is 26.7. The van der Waals surface area contributed by atoms with E-state index < -0.39 is 182 Å². The van der Waals surface area contributed by atoms with E-state index in [-0.39, 0.29) is 71.7 Å². The van der Waals surface area contributed by atoms with Crippen molar-refractivity contribution in [2.75, 3.05) is 7.11 Å². The van der Waals surface area contributed by atoms with Gasteiger partial charge in [0.2, 0.25) is 6.29 Å². The zero-order valence-corrected chi connectivity index (χ0v) is 48.2. The number of ether oxygens (including phenoxy) is 12. The van der Waals surface area contributed by atoms with Crippen LogP contribution in [0.4, 0.5) is 0 Å². The number of fused-ring (bicyclic) bond motifs is 2. The van der Waals surface area contributed by atoms with E-state index in [1.807, 2.05) is 0 Å². The van der Waals surface area contributed by atoms with Gasteiger partial charge in [0.25, 0.3) is 0 Å². The molecule has 1 aliphatic carbocycles. The van der Waals surface area contributed by atoms with Gasteiger partial charge in [-0.15, -0.1) is 0 Å². The molecule has 0 radical (unpaired) electrons. The van der Waals surface area contributed by atoms with Crippen molar-refractivity contribution < 1.29 is 122 Å². The molecule has 0 saturated carbocycles. The van der Waals surface area contributed by atoms with Gasteiger partial charge < -0.3 is 108 Å². The monoisotopic (exact) mass is 1180 g/mol. The Morgan fingerprint density at radius 2 is 1.19 bits per heavy atom. The quantitative estimate of drug-likeness (QED) is 0.0573. The summed E-state index contributed by atoms with van der Waals surface area (Å²) in [5, 5.41) is 111. The lowest BCUT2D eigenvalue weighted by molar-refractivity contribution is -0.334. The summed E-state index contributed by atoms with van der Waals surface area (Å²) in [7, 11) is 1.18. The molecule has 2 aromatic rings. The predicted molar refractivity (Wildman–Crippen MR) is 286 cm³/mol. The van der Waals surface area contributed by atoms with Crippen LogP contribution in [0, 0.1) is 12.8 Å². The maximum Gasteiger partial charge on any atom is 0.331 e. The van der Waals surface area contributed by atoms with Crippen molar-refractivity contribution in [1.82, 2.24) is 0 Å². The van der Waals surface area contributed by atoms with Crippen LogP contribution in [0.3, 0.4) is 0 Å². The number of carbonyl (C=O) groups is 3. The van der Waals surface area contributed by atoms with Gasteiger partial charge in [-0.2, -0.15) is 0 Å². The Kier molecular flexibility index (Phi) is 20.8. The highest BCUT2D eigenvalue weighted by Crippen LogP contribution is 2.48. The van der Waals surface area contributed by atoms with Gasteiger partial charge in [0.05, 0.1) is 71.5 Å². The van der Waals surface area contributed by atoms with Crippen molar-refractivity contribution >= 4 is 28.3 Å². The molecule has 25 heteroatoms. The van der Waals surface area contributed by atoms with Gasteiger partial charge in [-0.25, -0.2) is 4.79 Å². The molecule has 5 heterocycles. The van der Waals surface area contributed by atoms with Crippen LogP contribution in [-0.2, 0) is 68.1 Å². The molecule has 0 unspecified atom stereocenters. The van der Waals surface area contributed by atoms with Crippen molar-refractivity contribution in [3.63, 3.8) is 0 Å². The maximum atomic E-state index is 15.1. The molecule has 2 aromatic carbocycles. The zero-order valence-electron chi connectivity index (χ0n) is 48.2. The average molecular weight is 1180 g/mol. The maximum absolute atomic E-state index is 15.1. The number of benzene rings is 2. The van der Waals surface area contributed by atoms with Gasteiger partial charge in [-0.3, -0.25) is 9.59 Å². The first-order valence-electron chi connectivity index (χ1n) is 28.3. The number of phenolic OH excluding ortho intramolecular Hbond substituents is 2. The number of hydrogen-bond donors (Lipinski definition) is 10. The number of allylic oxidation sites excluding steroid dienone is 3. The fourth-order valence-electron chi connectivity index (χ4n) is 11.9. The molecular weight excluding hydrogens is 1100 g/mol.